The second kappa shape index (κ2) is 3.88. The van der Waals surface area contributed by atoms with E-state index in [9.17, 15) is 4.79 Å². The van der Waals surface area contributed by atoms with Crippen LogP contribution in [0.1, 0.15) is 20.3 Å². The van der Waals surface area contributed by atoms with Gasteiger partial charge in [-0.3, -0.25) is 10.1 Å². The first-order chi connectivity index (χ1) is 7.20. The van der Waals surface area contributed by atoms with Crippen molar-refractivity contribution in [2.45, 2.75) is 20.3 Å². The van der Waals surface area contributed by atoms with Gasteiger partial charge in [0.2, 0.25) is 11.9 Å². The highest BCUT2D eigenvalue weighted by Gasteiger charge is 2.39. The predicted octanol–water partition coefficient (Wildman–Crippen LogP) is 0.798. The van der Waals surface area contributed by atoms with Gasteiger partial charge in [-0.15, -0.1) is 5.10 Å². The number of hydrogen-bond acceptors (Lipinski definition) is 4. The van der Waals surface area contributed by atoms with E-state index in [4.69, 9.17) is 4.74 Å². The van der Waals surface area contributed by atoms with Gasteiger partial charge in [0.25, 0.3) is 0 Å². The van der Waals surface area contributed by atoms with Crippen molar-refractivity contribution in [1.82, 2.24) is 15.2 Å². The number of carbonyl (C=O) groups is 1. The number of aromatic nitrogens is 3. The van der Waals surface area contributed by atoms with Gasteiger partial charge in [0, 0.05) is 5.92 Å². The number of carbonyl (C=O) groups excluding carboxylic acids is 1. The highest BCUT2D eigenvalue weighted by Crippen LogP contribution is 2.38. The standard InChI is InChI=1S/C9H14N4O2/c1-3-15-9-11-8(12-13-9)10-7(14)6-4-5(6)2/h5-6H,3-4H2,1-2H3,(H2,10,11,12,13,14). The maximum Gasteiger partial charge on any atom is 0.337 e. The first kappa shape index (κ1) is 9.95. The van der Waals surface area contributed by atoms with Gasteiger partial charge in [0.05, 0.1) is 6.61 Å². The lowest BCUT2D eigenvalue weighted by molar-refractivity contribution is -0.117. The molecule has 1 amide bonds. The smallest absolute Gasteiger partial charge is 0.337 e. The van der Waals surface area contributed by atoms with Gasteiger partial charge in [0.15, 0.2) is 0 Å². The Morgan fingerprint density at radius 1 is 1.73 bits per heavy atom. The molecule has 0 radical (unpaired) electrons. The van der Waals surface area contributed by atoms with Crippen LogP contribution in [0.2, 0.25) is 0 Å². The van der Waals surface area contributed by atoms with Gasteiger partial charge in [-0.2, -0.15) is 4.98 Å². The highest BCUT2D eigenvalue weighted by molar-refractivity contribution is 5.92. The third-order valence-corrected chi connectivity index (χ3v) is 2.43. The molecule has 0 aliphatic heterocycles. The summed E-state index contributed by atoms with van der Waals surface area (Å²) in [5.74, 6) is 0.967. The lowest BCUT2D eigenvalue weighted by Gasteiger charge is -1.97. The van der Waals surface area contributed by atoms with Crippen molar-refractivity contribution in [3.8, 4) is 6.01 Å². The van der Waals surface area contributed by atoms with E-state index in [0.717, 1.165) is 6.42 Å². The molecule has 2 N–H and O–H groups in total. The summed E-state index contributed by atoms with van der Waals surface area (Å²) in [6.07, 6.45) is 0.957. The Balaban J connectivity index is 1.90. The zero-order chi connectivity index (χ0) is 10.8. The first-order valence-corrected chi connectivity index (χ1v) is 5.06. The Morgan fingerprint density at radius 2 is 2.47 bits per heavy atom. The first-order valence-electron chi connectivity index (χ1n) is 5.06. The SMILES string of the molecule is CCOc1n[nH]c(NC(=O)C2CC2C)n1. The zero-order valence-corrected chi connectivity index (χ0v) is 8.78. The van der Waals surface area contributed by atoms with Crippen molar-refractivity contribution in [1.29, 1.82) is 0 Å². The van der Waals surface area contributed by atoms with E-state index in [1.54, 1.807) is 0 Å². The van der Waals surface area contributed by atoms with E-state index in [2.05, 4.69) is 27.4 Å². The number of hydrogen-bond donors (Lipinski definition) is 2. The Kier molecular flexibility index (Phi) is 2.57. The van der Waals surface area contributed by atoms with Crippen molar-refractivity contribution in [3.63, 3.8) is 0 Å². The lowest BCUT2D eigenvalue weighted by atomic mass is 10.3. The van der Waals surface area contributed by atoms with E-state index in [0.29, 0.717) is 18.5 Å². The van der Waals surface area contributed by atoms with Crippen LogP contribution >= 0.6 is 0 Å². The van der Waals surface area contributed by atoms with Crippen LogP contribution in [0.15, 0.2) is 0 Å². The highest BCUT2D eigenvalue weighted by atomic mass is 16.5. The second-order valence-electron chi connectivity index (χ2n) is 3.71. The van der Waals surface area contributed by atoms with Crippen LogP contribution in [0, 0.1) is 11.8 Å². The quantitative estimate of drug-likeness (QED) is 0.770. The summed E-state index contributed by atoms with van der Waals surface area (Å²) in [6.45, 7) is 4.40. The summed E-state index contributed by atoms with van der Waals surface area (Å²) < 4.78 is 5.06. The van der Waals surface area contributed by atoms with Crippen LogP contribution in [0.25, 0.3) is 0 Å². The molecule has 1 aliphatic carbocycles. The number of aromatic amines is 1. The minimum Gasteiger partial charge on any atom is -0.463 e. The second-order valence-corrected chi connectivity index (χ2v) is 3.71. The average molecular weight is 210 g/mol. The van der Waals surface area contributed by atoms with Crippen molar-refractivity contribution in [3.05, 3.63) is 0 Å². The molecule has 2 atom stereocenters. The van der Waals surface area contributed by atoms with E-state index in [-0.39, 0.29) is 17.8 Å². The van der Waals surface area contributed by atoms with Crippen LogP contribution in [0.4, 0.5) is 5.95 Å². The van der Waals surface area contributed by atoms with Crippen molar-refractivity contribution in [2.24, 2.45) is 11.8 Å². The van der Waals surface area contributed by atoms with E-state index in [1.807, 2.05) is 6.92 Å². The zero-order valence-electron chi connectivity index (χ0n) is 8.78. The fourth-order valence-electron chi connectivity index (χ4n) is 1.39. The summed E-state index contributed by atoms with van der Waals surface area (Å²) in [4.78, 5) is 15.5. The normalized spacial score (nSPS) is 23.6. The summed E-state index contributed by atoms with van der Waals surface area (Å²) in [7, 11) is 0. The summed E-state index contributed by atoms with van der Waals surface area (Å²) >= 11 is 0. The molecular formula is C9H14N4O2. The van der Waals surface area contributed by atoms with Gasteiger partial charge in [0.1, 0.15) is 0 Å². The van der Waals surface area contributed by atoms with Gasteiger partial charge in [-0.25, -0.2) is 5.10 Å². The molecule has 0 bridgehead atoms. The lowest BCUT2D eigenvalue weighted by Crippen LogP contribution is -2.15. The molecular weight excluding hydrogens is 196 g/mol. The van der Waals surface area contributed by atoms with E-state index in [1.165, 1.54) is 0 Å². The van der Waals surface area contributed by atoms with Crippen LogP contribution in [0.5, 0.6) is 6.01 Å². The number of nitrogens with zero attached hydrogens (tertiary/aromatic N) is 2. The molecule has 82 valence electrons. The molecule has 6 nitrogen and oxygen atoms in total. The van der Waals surface area contributed by atoms with Crippen LogP contribution in [-0.4, -0.2) is 27.7 Å². The van der Waals surface area contributed by atoms with Crippen LogP contribution < -0.4 is 10.1 Å². The fourth-order valence-corrected chi connectivity index (χ4v) is 1.39. The molecule has 1 saturated carbocycles. The predicted molar refractivity (Wildman–Crippen MR) is 53.5 cm³/mol. The van der Waals surface area contributed by atoms with Crippen LogP contribution in [-0.2, 0) is 4.79 Å². The Morgan fingerprint density at radius 3 is 3.07 bits per heavy atom. The summed E-state index contributed by atoms with van der Waals surface area (Å²) in [5.41, 5.74) is 0. The Labute approximate surface area is 87.4 Å². The largest absolute Gasteiger partial charge is 0.463 e. The molecule has 2 unspecified atom stereocenters. The number of nitrogens with one attached hydrogen (secondary N) is 2. The summed E-state index contributed by atoms with van der Waals surface area (Å²) in [6, 6.07) is 0.261. The number of rotatable bonds is 4. The number of H-pyrrole nitrogens is 1. The van der Waals surface area contributed by atoms with Crippen molar-refractivity contribution < 1.29 is 9.53 Å². The van der Waals surface area contributed by atoms with Gasteiger partial charge in [-0.05, 0) is 19.3 Å². The summed E-state index contributed by atoms with van der Waals surface area (Å²) in [5, 5.41) is 9.05. The topological polar surface area (TPSA) is 79.9 Å². The number of anilines is 1. The van der Waals surface area contributed by atoms with E-state index >= 15 is 0 Å². The molecule has 1 aromatic rings. The van der Waals surface area contributed by atoms with Gasteiger partial charge in [-0.1, -0.05) is 6.92 Å². The minimum absolute atomic E-state index is 0.00157. The molecule has 1 aromatic heterocycles. The maximum atomic E-state index is 11.5. The molecule has 6 heteroatoms. The molecule has 0 spiro atoms. The third-order valence-electron chi connectivity index (χ3n) is 2.43. The van der Waals surface area contributed by atoms with Gasteiger partial charge >= 0.3 is 6.01 Å². The van der Waals surface area contributed by atoms with Crippen molar-refractivity contribution >= 4 is 11.9 Å². The molecule has 0 aromatic carbocycles. The number of amides is 1. The fraction of sp³-hybridized carbons (Fsp3) is 0.667. The monoisotopic (exact) mass is 210 g/mol. The average Bonchev–Trinajstić information content (AvgIpc) is 2.76. The Bertz CT molecular complexity index is 363. The van der Waals surface area contributed by atoms with E-state index < -0.39 is 0 Å². The van der Waals surface area contributed by atoms with Crippen molar-refractivity contribution in [2.75, 3.05) is 11.9 Å². The Hall–Kier alpha value is -1.59. The van der Waals surface area contributed by atoms with Crippen LogP contribution in [0.3, 0.4) is 0 Å². The third kappa shape index (κ3) is 2.26. The molecule has 1 aliphatic rings. The molecule has 2 rings (SSSR count). The minimum atomic E-state index is 0.00157. The molecule has 0 saturated heterocycles. The number of ether oxygens (including phenoxy) is 1. The molecule has 1 heterocycles. The van der Waals surface area contributed by atoms with Gasteiger partial charge < -0.3 is 4.74 Å². The maximum absolute atomic E-state index is 11.5. The molecule has 15 heavy (non-hydrogen) atoms. The molecule has 1 fully saturated rings.